The molecule has 2 aromatic rings. The van der Waals surface area contributed by atoms with Crippen LogP contribution < -0.4 is 0 Å². The molecule has 0 N–H and O–H groups in total. The number of thiophene rings is 1. The van der Waals surface area contributed by atoms with Crippen LogP contribution in [0.2, 0.25) is 0 Å². The highest BCUT2D eigenvalue weighted by molar-refractivity contribution is 7.13. The molecule has 2 rings (SSSR count). The second kappa shape index (κ2) is 4.33. The van der Waals surface area contributed by atoms with Gasteiger partial charge in [-0.2, -0.15) is 13.2 Å². The van der Waals surface area contributed by atoms with Crippen molar-refractivity contribution in [1.82, 2.24) is 0 Å². The molecular formula is C12H7F3OS. The van der Waals surface area contributed by atoms with Gasteiger partial charge in [0.2, 0.25) is 0 Å². The van der Waals surface area contributed by atoms with E-state index in [1.165, 1.54) is 23.5 Å². The Morgan fingerprint density at radius 1 is 1.18 bits per heavy atom. The quantitative estimate of drug-likeness (QED) is 0.734. The number of hydrogen-bond acceptors (Lipinski definition) is 2. The zero-order chi connectivity index (χ0) is 12.5. The number of halogens is 3. The van der Waals surface area contributed by atoms with Crippen molar-refractivity contribution in [2.75, 3.05) is 0 Å². The van der Waals surface area contributed by atoms with Crippen LogP contribution in [0, 0.1) is 0 Å². The molecule has 0 atom stereocenters. The normalized spacial score (nSPS) is 11.5. The summed E-state index contributed by atoms with van der Waals surface area (Å²) >= 11 is 1.35. The molecule has 0 bridgehead atoms. The molecule has 17 heavy (non-hydrogen) atoms. The topological polar surface area (TPSA) is 17.1 Å². The summed E-state index contributed by atoms with van der Waals surface area (Å²) < 4.78 is 38.1. The molecule has 1 nitrogen and oxygen atoms in total. The van der Waals surface area contributed by atoms with Crippen LogP contribution in [0.25, 0.3) is 10.4 Å². The van der Waals surface area contributed by atoms with Crippen LogP contribution in [-0.4, -0.2) is 6.29 Å². The van der Waals surface area contributed by atoms with Crippen molar-refractivity contribution in [1.29, 1.82) is 0 Å². The minimum Gasteiger partial charge on any atom is -0.298 e. The number of alkyl halides is 3. The molecule has 1 aromatic carbocycles. The fourth-order valence-electron chi connectivity index (χ4n) is 1.50. The first-order chi connectivity index (χ1) is 8.02. The molecule has 0 fully saturated rings. The van der Waals surface area contributed by atoms with Gasteiger partial charge in [-0.3, -0.25) is 4.79 Å². The first-order valence-corrected chi connectivity index (χ1v) is 5.60. The van der Waals surface area contributed by atoms with Gasteiger partial charge in [0.05, 0.1) is 5.56 Å². The van der Waals surface area contributed by atoms with Crippen LogP contribution in [0.3, 0.4) is 0 Å². The second-order valence-electron chi connectivity index (χ2n) is 3.39. The average Bonchev–Trinajstić information content (AvgIpc) is 2.80. The third-order valence-corrected chi connectivity index (χ3v) is 3.21. The van der Waals surface area contributed by atoms with Crippen molar-refractivity contribution in [3.05, 3.63) is 46.8 Å². The molecule has 0 aliphatic rings. The Balaban J connectivity index is 2.57. The highest BCUT2D eigenvalue weighted by atomic mass is 32.1. The maximum absolute atomic E-state index is 12.7. The standard InChI is InChI=1S/C12H7F3OS/c13-12(14,15)10-6-8(3-4-9(10)7-16)11-2-1-5-17-11/h1-7H. The SMILES string of the molecule is O=Cc1ccc(-c2cccs2)cc1C(F)(F)F. The third-order valence-electron chi connectivity index (χ3n) is 2.29. The second-order valence-corrected chi connectivity index (χ2v) is 4.34. The highest BCUT2D eigenvalue weighted by Gasteiger charge is 2.33. The van der Waals surface area contributed by atoms with Crippen LogP contribution in [0.1, 0.15) is 15.9 Å². The van der Waals surface area contributed by atoms with Crippen LogP contribution >= 0.6 is 11.3 Å². The van der Waals surface area contributed by atoms with Crippen LogP contribution in [0.15, 0.2) is 35.7 Å². The van der Waals surface area contributed by atoms with E-state index in [0.717, 1.165) is 10.9 Å². The Labute approximate surface area is 99.5 Å². The van der Waals surface area contributed by atoms with Gasteiger partial charge in [-0.25, -0.2) is 0 Å². The summed E-state index contributed by atoms with van der Waals surface area (Å²) in [5, 5.41) is 1.79. The molecule has 5 heteroatoms. The first kappa shape index (κ1) is 11.9. The van der Waals surface area contributed by atoms with Crippen LogP contribution in [0.4, 0.5) is 13.2 Å². The van der Waals surface area contributed by atoms with Crippen LogP contribution in [-0.2, 0) is 6.18 Å². The molecule has 88 valence electrons. The van der Waals surface area contributed by atoms with Crippen molar-refractivity contribution in [2.45, 2.75) is 6.18 Å². The lowest BCUT2D eigenvalue weighted by Gasteiger charge is -2.10. The Kier molecular flexibility index (Phi) is 3.02. The maximum atomic E-state index is 12.7. The van der Waals surface area contributed by atoms with Gasteiger partial charge in [0.25, 0.3) is 0 Å². The van der Waals surface area contributed by atoms with Crippen LogP contribution in [0.5, 0.6) is 0 Å². The highest BCUT2D eigenvalue weighted by Crippen LogP contribution is 2.35. The first-order valence-electron chi connectivity index (χ1n) is 4.72. The van der Waals surface area contributed by atoms with Crippen molar-refractivity contribution in [3.8, 4) is 10.4 Å². The van der Waals surface area contributed by atoms with Gasteiger partial charge in [0.15, 0.2) is 6.29 Å². The van der Waals surface area contributed by atoms with Gasteiger partial charge >= 0.3 is 6.18 Å². The van der Waals surface area contributed by atoms with Gasteiger partial charge < -0.3 is 0 Å². The summed E-state index contributed by atoms with van der Waals surface area (Å²) in [5.74, 6) is 0. The summed E-state index contributed by atoms with van der Waals surface area (Å²) in [5.41, 5.74) is -0.755. The summed E-state index contributed by atoms with van der Waals surface area (Å²) in [7, 11) is 0. The van der Waals surface area contributed by atoms with Crippen molar-refractivity contribution in [2.24, 2.45) is 0 Å². The van der Waals surface area contributed by atoms with Crippen molar-refractivity contribution >= 4 is 17.6 Å². The third kappa shape index (κ3) is 2.39. The molecule has 0 unspecified atom stereocenters. The summed E-state index contributed by atoms with van der Waals surface area (Å²) in [4.78, 5) is 11.3. The Bertz CT molecular complexity index is 529. The van der Waals surface area contributed by atoms with Crippen molar-refractivity contribution in [3.63, 3.8) is 0 Å². The molecule has 0 amide bonds. The fourth-order valence-corrected chi connectivity index (χ4v) is 2.22. The van der Waals surface area contributed by atoms with E-state index in [2.05, 4.69) is 0 Å². The van der Waals surface area contributed by atoms with E-state index in [9.17, 15) is 18.0 Å². The molecule has 1 heterocycles. The van der Waals surface area contributed by atoms with E-state index in [1.807, 2.05) is 0 Å². The predicted octanol–water partition coefficient (Wildman–Crippen LogP) is 4.25. The Morgan fingerprint density at radius 3 is 2.47 bits per heavy atom. The van der Waals surface area contributed by atoms with E-state index < -0.39 is 11.7 Å². The lowest BCUT2D eigenvalue weighted by molar-refractivity contribution is -0.137. The van der Waals surface area contributed by atoms with E-state index in [1.54, 1.807) is 17.5 Å². The largest absolute Gasteiger partial charge is 0.417 e. The number of carbonyl (C=O) groups excluding carboxylic acids is 1. The van der Waals surface area contributed by atoms with Gasteiger partial charge in [-0.1, -0.05) is 18.2 Å². The minimum absolute atomic E-state index is 0.223. The maximum Gasteiger partial charge on any atom is 0.417 e. The van der Waals surface area contributed by atoms with E-state index >= 15 is 0 Å². The Hall–Kier alpha value is -1.62. The van der Waals surface area contributed by atoms with Crippen molar-refractivity contribution < 1.29 is 18.0 Å². The fraction of sp³-hybridized carbons (Fsp3) is 0.0833. The molecule has 0 aliphatic carbocycles. The lowest BCUT2D eigenvalue weighted by atomic mass is 10.0. The van der Waals surface area contributed by atoms with Gasteiger partial charge in [0, 0.05) is 10.4 Å². The molecule has 0 aliphatic heterocycles. The summed E-state index contributed by atoms with van der Waals surface area (Å²) in [6.45, 7) is 0. The Morgan fingerprint density at radius 2 is 1.94 bits per heavy atom. The van der Waals surface area contributed by atoms with Gasteiger partial charge in [0.1, 0.15) is 0 Å². The minimum atomic E-state index is -4.51. The summed E-state index contributed by atoms with van der Waals surface area (Å²) in [6.07, 6.45) is -4.29. The number of hydrogen-bond donors (Lipinski definition) is 0. The molecule has 0 saturated carbocycles. The molecular weight excluding hydrogens is 249 g/mol. The lowest BCUT2D eigenvalue weighted by Crippen LogP contribution is -2.08. The zero-order valence-electron chi connectivity index (χ0n) is 8.49. The molecule has 0 saturated heterocycles. The zero-order valence-corrected chi connectivity index (χ0v) is 9.31. The number of carbonyl (C=O) groups is 1. The van der Waals surface area contributed by atoms with E-state index in [4.69, 9.17) is 0 Å². The van der Waals surface area contributed by atoms with E-state index in [0.29, 0.717) is 5.56 Å². The van der Waals surface area contributed by atoms with Gasteiger partial charge in [-0.15, -0.1) is 11.3 Å². The predicted molar refractivity (Wildman–Crippen MR) is 60.1 cm³/mol. The number of rotatable bonds is 2. The smallest absolute Gasteiger partial charge is 0.298 e. The summed E-state index contributed by atoms with van der Waals surface area (Å²) in [6, 6.07) is 7.23. The molecule has 0 spiro atoms. The van der Waals surface area contributed by atoms with E-state index in [-0.39, 0.29) is 11.8 Å². The number of aldehydes is 1. The van der Waals surface area contributed by atoms with Gasteiger partial charge in [-0.05, 0) is 23.1 Å². The molecule has 0 radical (unpaired) electrons. The number of benzene rings is 1. The monoisotopic (exact) mass is 256 g/mol. The average molecular weight is 256 g/mol. The molecule has 1 aromatic heterocycles.